The van der Waals surface area contributed by atoms with Crippen LogP contribution >= 0.6 is 15.9 Å². The average molecular weight is 351 g/mol. The number of pyridine rings is 1. The van der Waals surface area contributed by atoms with Gasteiger partial charge in [-0.15, -0.1) is 0 Å². The fraction of sp³-hybridized carbons (Fsp3) is 0.312. The van der Waals surface area contributed by atoms with Crippen LogP contribution in [0.5, 0.6) is 11.6 Å². The molecule has 0 saturated heterocycles. The zero-order valence-electron chi connectivity index (χ0n) is 12.4. The van der Waals surface area contributed by atoms with Crippen LogP contribution in [-0.2, 0) is 6.42 Å². The quantitative estimate of drug-likeness (QED) is 0.867. The highest BCUT2D eigenvalue weighted by molar-refractivity contribution is 9.10. The number of likely N-dealkylation sites (N-methyl/N-ethyl adjacent to an activating group) is 1. The van der Waals surface area contributed by atoms with Crippen molar-refractivity contribution in [2.75, 3.05) is 21.3 Å². The van der Waals surface area contributed by atoms with Crippen LogP contribution in [0.4, 0.5) is 0 Å². The Balaban J connectivity index is 2.33. The van der Waals surface area contributed by atoms with Gasteiger partial charge in [-0.3, -0.25) is 0 Å². The summed E-state index contributed by atoms with van der Waals surface area (Å²) < 4.78 is 11.8. The molecule has 0 aliphatic heterocycles. The number of rotatable bonds is 6. The van der Waals surface area contributed by atoms with Crippen LogP contribution in [0.25, 0.3) is 0 Å². The van der Waals surface area contributed by atoms with E-state index in [9.17, 15) is 0 Å². The molecule has 0 aliphatic carbocycles. The van der Waals surface area contributed by atoms with Gasteiger partial charge in [-0.05, 0) is 43.3 Å². The Morgan fingerprint density at radius 2 is 2.05 bits per heavy atom. The molecule has 0 bridgehead atoms. The molecule has 1 aromatic carbocycles. The van der Waals surface area contributed by atoms with E-state index in [0.29, 0.717) is 5.88 Å². The number of nitrogens with zero attached hydrogens (tertiary/aromatic N) is 1. The van der Waals surface area contributed by atoms with Crippen LogP contribution in [0.2, 0.25) is 0 Å². The van der Waals surface area contributed by atoms with E-state index in [0.717, 1.165) is 27.8 Å². The summed E-state index contributed by atoms with van der Waals surface area (Å²) in [5.41, 5.74) is 2.15. The van der Waals surface area contributed by atoms with Gasteiger partial charge in [-0.25, -0.2) is 4.98 Å². The van der Waals surface area contributed by atoms with E-state index >= 15 is 0 Å². The number of methoxy groups -OCH3 is 2. The topological polar surface area (TPSA) is 43.4 Å². The van der Waals surface area contributed by atoms with Crippen molar-refractivity contribution in [1.82, 2.24) is 10.3 Å². The molecule has 1 N–H and O–H groups in total. The van der Waals surface area contributed by atoms with Crippen molar-refractivity contribution >= 4 is 15.9 Å². The SMILES string of the molecule is CNC(Cc1cc(Br)ccc1OC)c1cccnc1OC. The minimum atomic E-state index is 0.0943. The first-order valence-corrected chi connectivity index (χ1v) is 7.47. The molecule has 0 amide bonds. The molecule has 2 aromatic rings. The number of hydrogen-bond acceptors (Lipinski definition) is 4. The summed E-state index contributed by atoms with van der Waals surface area (Å²) in [5, 5.41) is 3.32. The van der Waals surface area contributed by atoms with E-state index in [1.807, 2.05) is 31.3 Å². The molecular weight excluding hydrogens is 332 g/mol. The Labute approximate surface area is 133 Å². The van der Waals surface area contributed by atoms with Gasteiger partial charge in [-0.1, -0.05) is 22.0 Å². The first kappa shape index (κ1) is 15.8. The van der Waals surface area contributed by atoms with Crippen molar-refractivity contribution in [3.05, 3.63) is 52.1 Å². The normalized spacial score (nSPS) is 12.0. The second-order valence-corrected chi connectivity index (χ2v) is 5.52. The number of benzene rings is 1. The first-order valence-electron chi connectivity index (χ1n) is 6.68. The second-order valence-electron chi connectivity index (χ2n) is 4.60. The Kier molecular flexibility index (Phi) is 5.59. The van der Waals surface area contributed by atoms with Crippen LogP contribution in [0, 0.1) is 0 Å². The zero-order chi connectivity index (χ0) is 15.2. The minimum Gasteiger partial charge on any atom is -0.496 e. The van der Waals surface area contributed by atoms with E-state index in [1.165, 1.54) is 0 Å². The summed E-state index contributed by atoms with van der Waals surface area (Å²) in [6.07, 6.45) is 2.51. The molecule has 0 spiro atoms. The molecule has 1 heterocycles. The average Bonchev–Trinajstić information content (AvgIpc) is 2.52. The molecule has 112 valence electrons. The number of halogens is 1. The Hall–Kier alpha value is -1.59. The van der Waals surface area contributed by atoms with E-state index in [-0.39, 0.29) is 6.04 Å². The minimum absolute atomic E-state index is 0.0943. The van der Waals surface area contributed by atoms with Gasteiger partial charge < -0.3 is 14.8 Å². The summed E-state index contributed by atoms with van der Waals surface area (Å²) in [4.78, 5) is 4.27. The first-order chi connectivity index (χ1) is 10.2. The van der Waals surface area contributed by atoms with Crippen molar-refractivity contribution in [1.29, 1.82) is 0 Å². The summed E-state index contributed by atoms with van der Waals surface area (Å²) in [6.45, 7) is 0. The molecule has 0 saturated carbocycles. The third-order valence-electron chi connectivity index (χ3n) is 3.38. The van der Waals surface area contributed by atoms with Gasteiger partial charge in [0.1, 0.15) is 5.75 Å². The maximum atomic E-state index is 5.44. The fourth-order valence-corrected chi connectivity index (χ4v) is 2.74. The fourth-order valence-electron chi connectivity index (χ4n) is 2.33. The third kappa shape index (κ3) is 3.74. The third-order valence-corrected chi connectivity index (χ3v) is 3.88. The van der Waals surface area contributed by atoms with Crippen LogP contribution in [0.15, 0.2) is 41.0 Å². The lowest BCUT2D eigenvalue weighted by Gasteiger charge is -2.20. The van der Waals surface area contributed by atoms with E-state index in [2.05, 4.69) is 32.3 Å². The molecule has 0 fully saturated rings. The molecule has 1 unspecified atom stereocenters. The largest absolute Gasteiger partial charge is 0.496 e. The Bertz CT molecular complexity index is 605. The van der Waals surface area contributed by atoms with Gasteiger partial charge in [0.2, 0.25) is 5.88 Å². The lowest BCUT2D eigenvalue weighted by molar-refractivity contribution is 0.382. The summed E-state index contributed by atoms with van der Waals surface area (Å²) >= 11 is 3.51. The van der Waals surface area contributed by atoms with Gasteiger partial charge in [0, 0.05) is 22.3 Å². The molecule has 5 heteroatoms. The predicted octanol–water partition coefficient (Wildman–Crippen LogP) is 3.36. The number of hydrogen-bond donors (Lipinski definition) is 1. The Morgan fingerprint density at radius 1 is 1.24 bits per heavy atom. The summed E-state index contributed by atoms with van der Waals surface area (Å²) in [6, 6.07) is 10.1. The summed E-state index contributed by atoms with van der Waals surface area (Å²) in [5.74, 6) is 1.52. The number of nitrogens with one attached hydrogen (secondary N) is 1. The predicted molar refractivity (Wildman–Crippen MR) is 87.0 cm³/mol. The van der Waals surface area contributed by atoms with Crippen molar-refractivity contribution in [2.24, 2.45) is 0 Å². The van der Waals surface area contributed by atoms with Crippen molar-refractivity contribution in [3.8, 4) is 11.6 Å². The summed E-state index contributed by atoms with van der Waals surface area (Å²) in [7, 11) is 5.26. The van der Waals surface area contributed by atoms with Crippen LogP contribution in [-0.4, -0.2) is 26.3 Å². The monoisotopic (exact) mass is 350 g/mol. The standard InChI is InChI=1S/C16H19BrN2O2/c1-18-14(13-5-4-8-19-16(13)21-3)10-11-9-12(17)6-7-15(11)20-2/h4-9,14,18H,10H2,1-3H3. The van der Waals surface area contributed by atoms with Crippen LogP contribution in [0.3, 0.4) is 0 Å². The van der Waals surface area contributed by atoms with E-state index < -0.39 is 0 Å². The molecule has 21 heavy (non-hydrogen) atoms. The van der Waals surface area contributed by atoms with E-state index in [4.69, 9.17) is 9.47 Å². The molecule has 0 aliphatic rings. The zero-order valence-corrected chi connectivity index (χ0v) is 14.0. The van der Waals surface area contributed by atoms with Crippen LogP contribution < -0.4 is 14.8 Å². The molecule has 1 atom stereocenters. The van der Waals surface area contributed by atoms with E-state index in [1.54, 1.807) is 20.4 Å². The molecular formula is C16H19BrN2O2. The van der Waals surface area contributed by atoms with Gasteiger partial charge in [0.05, 0.1) is 14.2 Å². The molecule has 1 aromatic heterocycles. The second kappa shape index (κ2) is 7.43. The smallest absolute Gasteiger partial charge is 0.217 e. The molecule has 0 radical (unpaired) electrons. The number of aromatic nitrogens is 1. The lowest BCUT2D eigenvalue weighted by Crippen LogP contribution is -2.20. The maximum absolute atomic E-state index is 5.44. The number of ether oxygens (including phenoxy) is 2. The molecule has 4 nitrogen and oxygen atoms in total. The maximum Gasteiger partial charge on any atom is 0.217 e. The van der Waals surface area contributed by atoms with Gasteiger partial charge in [0.15, 0.2) is 0 Å². The highest BCUT2D eigenvalue weighted by atomic mass is 79.9. The lowest BCUT2D eigenvalue weighted by atomic mass is 9.99. The van der Waals surface area contributed by atoms with Gasteiger partial charge in [0.25, 0.3) is 0 Å². The Morgan fingerprint density at radius 3 is 2.71 bits per heavy atom. The highest BCUT2D eigenvalue weighted by Crippen LogP contribution is 2.30. The van der Waals surface area contributed by atoms with Crippen molar-refractivity contribution in [3.63, 3.8) is 0 Å². The highest BCUT2D eigenvalue weighted by Gasteiger charge is 2.17. The van der Waals surface area contributed by atoms with Gasteiger partial charge >= 0.3 is 0 Å². The molecule has 2 rings (SSSR count). The van der Waals surface area contributed by atoms with Crippen molar-refractivity contribution < 1.29 is 9.47 Å². The van der Waals surface area contributed by atoms with Crippen molar-refractivity contribution in [2.45, 2.75) is 12.5 Å². The van der Waals surface area contributed by atoms with Crippen LogP contribution in [0.1, 0.15) is 17.2 Å². The van der Waals surface area contributed by atoms with Gasteiger partial charge in [-0.2, -0.15) is 0 Å².